The SMILES string of the molecule is CCCCCCCCC(=O)NCc1ccc(OC)nc1. The molecule has 0 bridgehead atoms. The highest BCUT2D eigenvalue weighted by Gasteiger charge is 2.02. The second-order valence-corrected chi connectivity index (χ2v) is 5.00. The Balaban J connectivity index is 2.10. The molecule has 1 aromatic heterocycles. The van der Waals surface area contributed by atoms with Crippen molar-refractivity contribution >= 4 is 5.91 Å². The monoisotopic (exact) mass is 278 g/mol. The number of methoxy groups -OCH3 is 1. The molecule has 1 rings (SSSR count). The summed E-state index contributed by atoms with van der Waals surface area (Å²) in [5.74, 6) is 0.712. The van der Waals surface area contributed by atoms with E-state index in [2.05, 4.69) is 17.2 Å². The molecule has 20 heavy (non-hydrogen) atoms. The van der Waals surface area contributed by atoms with Crippen LogP contribution in [0.1, 0.15) is 57.4 Å². The number of carbonyl (C=O) groups is 1. The van der Waals surface area contributed by atoms with E-state index in [0.29, 0.717) is 18.8 Å². The van der Waals surface area contributed by atoms with Crippen molar-refractivity contribution in [2.75, 3.05) is 7.11 Å². The second kappa shape index (κ2) is 10.2. The summed E-state index contributed by atoms with van der Waals surface area (Å²) in [5, 5.41) is 2.92. The third kappa shape index (κ3) is 7.12. The van der Waals surface area contributed by atoms with Gasteiger partial charge in [0.05, 0.1) is 7.11 Å². The largest absolute Gasteiger partial charge is 0.481 e. The van der Waals surface area contributed by atoms with E-state index in [1.807, 2.05) is 6.07 Å². The van der Waals surface area contributed by atoms with Crippen molar-refractivity contribution < 1.29 is 9.53 Å². The van der Waals surface area contributed by atoms with Crippen molar-refractivity contribution in [3.05, 3.63) is 23.9 Å². The minimum absolute atomic E-state index is 0.122. The third-order valence-electron chi connectivity index (χ3n) is 3.25. The molecule has 0 radical (unpaired) electrons. The molecular formula is C16H26N2O2. The van der Waals surface area contributed by atoms with E-state index in [-0.39, 0.29) is 5.91 Å². The van der Waals surface area contributed by atoms with E-state index in [9.17, 15) is 4.79 Å². The smallest absolute Gasteiger partial charge is 0.220 e. The van der Waals surface area contributed by atoms with Crippen LogP contribution in [0.4, 0.5) is 0 Å². The first-order valence-corrected chi connectivity index (χ1v) is 7.52. The number of ether oxygens (including phenoxy) is 1. The minimum Gasteiger partial charge on any atom is -0.481 e. The summed E-state index contributed by atoms with van der Waals surface area (Å²) in [6, 6.07) is 3.71. The van der Waals surface area contributed by atoms with Crippen LogP contribution in [0.15, 0.2) is 18.3 Å². The molecule has 0 saturated heterocycles. The number of carbonyl (C=O) groups excluding carboxylic acids is 1. The van der Waals surface area contributed by atoms with Crippen molar-refractivity contribution in [2.24, 2.45) is 0 Å². The zero-order valence-corrected chi connectivity index (χ0v) is 12.7. The number of unbranched alkanes of at least 4 members (excludes halogenated alkanes) is 5. The number of nitrogens with one attached hydrogen (secondary N) is 1. The van der Waals surface area contributed by atoms with E-state index in [0.717, 1.165) is 18.4 Å². The summed E-state index contributed by atoms with van der Waals surface area (Å²) in [6.07, 6.45) is 9.57. The van der Waals surface area contributed by atoms with Crippen LogP contribution in [-0.2, 0) is 11.3 Å². The summed E-state index contributed by atoms with van der Waals surface area (Å²) < 4.78 is 4.99. The molecule has 0 atom stereocenters. The molecule has 0 saturated carbocycles. The van der Waals surface area contributed by atoms with Crippen LogP contribution in [0, 0.1) is 0 Å². The van der Waals surface area contributed by atoms with Crippen LogP contribution >= 0.6 is 0 Å². The number of nitrogens with zero attached hydrogens (tertiary/aromatic N) is 1. The topological polar surface area (TPSA) is 51.2 Å². The molecule has 0 aliphatic rings. The fraction of sp³-hybridized carbons (Fsp3) is 0.625. The average Bonchev–Trinajstić information content (AvgIpc) is 2.49. The summed E-state index contributed by atoms with van der Waals surface area (Å²) in [5.41, 5.74) is 0.988. The van der Waals surface area contributed by atoms with Crippen molar-refractivity contribution in [1.82, 2.24) is 10.3 Å². The fourth-order valence-electron chi connectivity index (χ4n) is 1.99. The Morgan fingerprint density at radius 2 is 1.95 bits per heavy atom. The molecule has 0 aliphatic heterocycles. The van der Waals surface area contributed by atoms with E-state index >= 15 is 0 Å². The van der Waals surface area contributed by atoms with Crippen LogP contribution in [0.2, 0.25) is 0 Å². The lowest BCUT2D eigenvalue weighted by molar-refractivity contribution is -0.121. The first-order valence-electron chi connectivity index (χ1n) is 7.52. The zero-order valence-electron chi connectivity index (χ0n) is 12.7. The zero-order chi connectivity index (χ0) is 14.6. The van der Waals surface area contributed by atoms with Crippen molar-refractivity contribution in [2.45, 2.75) is 58.4 Å². The lowest BCUT2D eigenvalue weighted by Crippen LogP contribution is -2.22. The average molecular weight is 278 g/mol. The third-order valence-corrected chi connectivity index (χ3v) is 3.25. The molecule has 1 heterocycles. The van der Waals surface area contributed by atoms with E-state index in [1.54, 1.807) is 19.4 Å². The van der Waals surface area contributed by atoms with E-state index in [1.165, 1.54) is 25.7 Å². The summed E-state index contributed by atoms with van der Waals surface area (Å²) in [6.45, 7) is 2.74. The van der Waals surface area contributed by atoms with Gasteiger partial charge in [-0.3, -0.25) is 4.79 Å². The van der Waals surface area contributed by atoms with Crippen molar-refractivity contribution in [3.8, 4) is 5.88 Å². The predicted molar refractivity (Wildman–Crippen MR) is 80.6 cm³/mol. The van der Waals surface area contributed by atoms with Crippen LogP contribution in [-0.4, -0.2) is 18.0 Å². The molecule has 4 heteroatoms. The first-order chi connectivity index (χ1) is 9.76. The summed E-state index contributed by atoms with van der Waals surface area (Å²) in [7, 11) is 1.59. The van der Waals surface area contributed by atoms with Gasteiger partial charge in [0.1, 0.15) is 0 Å². The normalized spacial score (nSPS) is 10.3. The highest BCUT2D eigenvalue weighted by Crippen LogP contribution is 2.08. The van der Waals surface area contributed by atoms with Gasteiger partial charge in [0.15, 0.2) is 0 Å². The Hall–Kier alpha value is -1.58. The van der Waals surface area contributed by atoms with E-state index < -0.39 is 0 Å². The molecule has 1 N–H and O–H groups in total. The highest BCUT2D eigenvalue weighted by atomic mass is 16.5. The van der Waals surface area contributed by atoms with Crippen LogP contribution in [0.3, 0.4) is 0 Å². The Labute approximate surface area is 121 Å². The molecule has 0 fully saturated rings. The fourth-order valence-corrected chi connectivity index (χ4v) is 1.99. The van der Waals surface area contributed by atoms with Crippen molar-refractivity contribution in [1.29, 1.82) is 0 Å². The molecule has 1 amide bonds. The maximum Gasteiger partial charge on any atom is 0.220 e. The highest BCUT2D eigenvalue weighted by molar-refractivity contribution is 5.75. The number of amides is 1. The van der Waals surface area contributed by atoms with Crippen LogP contribution < -0.4 is 10.1 Å². The van der Waals surface area contributed by atoms with Gasteiger partial charge in [-0.05, 0) is 12.0 Å². The number of hydrogen-bond acceptors (Lipinski definition) is 3. The van der Waals surface area contributed by atoms with Gasteiger partial charge in [-0.15, -0.1) is 0 Å². The molecule has 0 unspecified atom stereocenters. The van der Waals surface area contributed by atoms with Gasteiger partial charge >= 0.3 is 0 Å². The van der Waals surface area contributed by atoms with Crippen molar-refractivity contribution in [3.63, 3.8) is 0 Å². The maximum atomic E-state index is 11.7. The van der Waals surface area contributed by atoms with Gasteiger partial charge in [0.25, 0.3) is 0 Å². The van der Waals surface area contributed by atoms with Crippen LogP contribution in [0.25, 0.3) is 0 Å². The summed E-state index contributed by atoms with van der Waals surface area (Å²) >= 11 is 0. The molecule has 0 spiro atoms. The van der Waals surface area contributed by atoms with Gasteiger partial charge < -0.3 is 10.1 Å². The number of aromatic nitrogens is 1. The first kappa shape index (κ1) is 16.5. The Morgan fingerprint density at radius 3 is 2.60 bits per heavy atom. The molecular weight excluding hydrogens is 252 g/mol. The Morgan fingerprint density at radius 1 is 1.20 bits per heavy atom. The predicted octanol–water partition coefficient (Wildman–Crippen LogP) is 3.46. The Kier molecular flexibility index (Phi) is 8.43. The lowest BCUT2D eigenvalue weighted by Gasteiger charge is -2.06. The minimum atomic E-state index is 0.122. The molecule has 1 aromatic rings. The number of hydrogen-bond donors (Lipinski definition) is 1. The molecule has 112 valence electrons. The molecule has 0 aromatic carbocycles. The van der Waals surface area contributed by atoms with Gasteiger partial charge in [-0.1, -0.05) is 45.1 Å². The van der Waals surface area contributed by atoms with Gasteiger partial charge in [0, 0.05) is 25.2 Å². The quantitative estimate of drug-likeness (QED) is 0.667. The number of pyridine rings is 1. The van der Waals surface area contributed by atoms with Crippen LogP contribution in [0.5, 0.6) is 5.88 Å². The van der Waals surface area contributed by atoms with Gasteiger partial charge in [0.2, 0.25) is 11.8 Å². The lowest BCUT2D eigenvalue weighted by atomic mass is 10.1. The maximum absolute atomic E-state index is 11.7. The van der Waals surface area contributed by atoms with E-state index in [4.69, 9.17) is 4.74 Å². The Bertz CT molecular complexity index is 377. The van der Waals surface area contributed by atoms with Gasteiger partial charge in [-0.2, -0.15) is 0 Å². The second-order valence-electron chi connectivity index (χ2n) is 5.00. The number of rotatable bonds is 10. The van der Waals surface area contributed by atoms with Gasteiger partial charge in [-0.25, -0.2) is 4.98 Å². The standard InChI is InChI=1S/C16H26N2O2/c1-3-4-5-6-7-8-9-15(19)17-12-14-10-11-16(20-2)18-13-14/h10-11,13H,3-9,12H2,1-2H3,(H,17,19). The summed E-state index contributed by atoms with van der Waals surface area (Å²) in [4.78, 5) is 15.8. The molecule has 0 aliphatic carbocycles. The molecule has 4 nitrogen and oxygen atoms in total.